The molecule has 0 aliphatic rings. The average molecular weight is 444 g/mol. The molecule has 0 atom stereocenters. The second-order valence-electron chi connectivity index (χ2n) is 6.77. The van der Waals surface area contributed by atoms with Crippen LogP contribution in [0.2, 0.25) is 0 Å². The maximum atomic E-state index is 13.5. The number of ether oxygens (including phenoxy) is 1. The normalized spacial score (nSPS) is 11.4. The molecular formula is C24H17N3O2S2. The molecule has 152 valence electrons. The van der Waals surface area contributed by atoms with Crippen molar-refractivity contribution in [2.75, 3.05) is 12.1 Å². The fourth-order valence-corrected chi connectivity index (χ4v) is 4.75. The zero-order valence-corrected chi connectivity index (χ0v) is 18.2. The summed E-state index contributed by atoms with van der Waals surface area (Å²) in [7, 11) is 1.63. The van der Waals surface area contributed by atoms with Crippen LogP contribution < -0.4 is 9.75 Å². The van der Waals surface area contributed by atoms with Gasteiger partial charge in [0.15, 0.2) is 0 Å². The number of methoxy groups -OCH3 is 1. The number of anilines is 1. The van der Waals surface area contributed by atoms with Gasteiger partial charge in [-0.25, -0.2) is 4.98 Å². The van der Waals surface area contributed by atoms with Crippen LogP contribution in [0, 0.1) is 0 Å². The number of nitrogens with zero attached hydrogens (tertiary/aromatic N) is 3. The van der Waals surface area contributed by atoms with Gasteiger partial charge in [0.25, 0.3) is 5.91 Å². The highest BCUT2D eigenvalue weighted by Gasteiger charge is 2.21. The number of hydrogen-bond donors (Lipinski definition) is 0. The van der Waals surface area contributed by atoms with Crippen molar-refractivity contribution in [2.24, 2.45) is 5.10 Å². The van der Waals surface area contributed by atoms with E-state index in [-0.39, 0.29) is 5.91 Å². The average Bonchev–Trinajstić information content (AvgIpc) is 3.48. The molecule has 7 heteroatoms. The summed E-state index contributed by atoms with van der Waals surface area (Å²) in [5.74, 6) is 0.516. The first-order valence-electron chi connectivity index (χ1n) is 9.56. The summed E-state index contributed by atoms with van der Waals surface area (Å²) in [5.41, 5.74) is 1.35. The number of aromatic nitrogens is 1. The van der Waals surface area contributed by atoms with E-state index >= 15 is 0 Å². The smallest absolute Gasteiger partial charge is 0.280 e. The molecule has 0 saturated carbocycles. The summed E-state index contributed by atoms with van der Waals surface area (Å²) in [6.07, 6.45) is 1.69. The van der Waals surface area contributed by atoms with Gasteiger partial charge in [-0.15, -0.1) is 11.3 Å². The van der Waals surface area contributed by atoms with Gasteiger partial charge in [-0.1, -0.05) is 47.7 Å². The number of rotatable bonds is 5. The van der Waals surface area contributed by atoms with Crippen LogP contribution in [0.4, 0.5) is 5.13 Å². The van der Waals surface area contributed by atoms with E-state index in [9.17, 15) is 4.79 Å². The Morgan fingerprint density at radius 2 is 1.90 bits per heavy atom. The molecule has 0 spiro atoms. The number of carbonyl (C=O) groups excluding carboxylic acids is 1. The Labute approximate surface area is 186 Å². The molecule has 0 fully saturated rings. The lowest BCUT2D eigenvalue weighted by atomic mass is 10.1. The fraction of sp³-hybridized carbons (Fsp3) is 0.0417. The molecule has 2 aromatic heterocycles. The van der Waals surface area contributed by atoms with Gasteiger partial charge in [0, 0.05) is 10.4 Å². The SMILES string of the molecule is COc1ccc2nc(N(/N=C/c3cccs3)C(=O)c3ccc4ccccc4c3)sc2c1. The molecule has 0 bridgehead atoms. The molecule has 5 aromatic rings. The minimum absolute atomic E-state index is 0.232. The second kappa shape index (κ2) is 8.29. The number of hydrazone groups is 1. The number of benzene rings is 3. The van der Waals surface area contributed by atoms with Crippen LogP contribution in [0.3, 0.4) is 0 Å². The summed E-state index contributed by atoms with van der Waals surface area (Å²) >= 11 is 2.96. The van der Waals surface area contributed by atoms with E-state index in [1.165, 1.54) is 16.3 Å². The molecule has 2 heterocycles. The van der Waals surface area contributed by atoms with Gasteiger partial charge in [0.05, 0.1) is 23.5 Å². The summed E-state index contributed by atoms with van der Waals surface area (Å²) in [5, 5.41) is 10.5. The molecule has 0 radical (unpaired) electrons. The van der Waals surface area contributed by atoms with Gasteiger partial charge < -0.3 is 4.74 Å². The fourth-order valence-electron chi connectivity index (χ4n) is 3.22. The summed E-state index contributed by atoms with van der Waals surface area (Å²) in [6.45, 7) is 0. The predicted octanol–water partition coefficient (Wildman–Crippen LogP) is 6.20. The van der Waals surface area contributed by atoms with Gasteiger partial charge in [-0.05, 0) is 52.6 Å². The molecular weight excluding hydrogens is 426 g/mol. The third-order valence-corrected chi connectivity index (χ3v) is 6.60. The molecule has 1 amide bonds. The lowest BCUT2D eigenvalue weighted by Gasteiger charge is -2.14. The maximum absolute atomic E-state index is 13.5. The lowest BCUT2D eigenvalue weighted by molar-refractivity contribution is 0.0988. The standard InChI is InChI=1S/C24H17N3O2S2/c1-29-19-10-11-21-22(14-19)31-24(26-21)27(25-15-20-7-4-12-30-20)23(28)18-9-8-16-5-2-3-6-17(16)13-18/h2-15H,1H3/b25-15+. The Bertz CT molecular complexity index is 1410. The van der Waals surface area contributed by atoms with Crippen LogP contribution >= 0.6 is 22.7 Å². The summed E-state index contributed by atoms with van der Waals surface area (Å²) in [4.78, 5) is 19.1. The van der Waals surface area contributed by atoms with E-state index in [1.54, 1.807) is 24.7 Å². The van der Waals surface area contributed by atoms with Gasteiger partial charge in [0.1, 0.15) is 5.75 Å². The van der Waals surface area contributed by atoms with Crippen molar-refractivity contribution in [1.29, 1.82) is 0 Å². The third-order valence-electron chi connectivity index (χ3n) is 4.80. The van der Waals surface area contributed by atoms with Crippen molar-refractivity contribution in [1.82, 2.24) is 4.98 Å². The van der Waals surface area contributed by atoms with E-state index in [4.69, 9.17) is 4.74 Å². The van der Waals surface area contributed by atoms with E-state index in [2.05, 4.69) is 10.1 Å². The minimum Gasteiger partial charge on any atom is -0.497 e. The number of fused-ring (bicyclic) bond motifs is 2. The lowest BCUT2D eigenvalue weighted by Crippen LogP contribution is -2.25. The zero-order valence-electron chi connectivity index (χ0n) is 16.6. The third kappa shape index (κ3) is 3.93. The van der Waals surface area contributed by atoms with E-state index < -0.39 is 0 Å². The number of thiophene rings is 1. The Morgan fingerprint density at radius 3 is 2.71 bits per heavy atom. The Hall–Kier alpha value is -3.55. The first kappa shape index (κ1) is 19.4. The maximum Gasteiger partial charge on any atom is 0.280 e. The van der Waals surface area contributed by atoms with Gasteiger partial charge in [-0.3, -0.25) is 4.79 Å². The van der Waals surface area contributed by atoms with Crippen molar-refractivity contribution < 1.29 is 9.53 Å². The highest BCUT2D eigenvalue weighted by Crippen LogP contribution is 2.32. The van der Waals surface area contributed by atoms with E-state index in [0.717, 1.165) is 31.6 Å². The van der Waals surface area contributed by atoms with Gasteiger partial charge in [0.2, 0.25) is 5.13 Å². The number of amides is 1. The van der Waals surface area contributed by atoms with Crippen LogP contribution in [0.25, 0.3) is 21.0 Å². The van der Waals surface area contributed by atoms with Crippen molar-refractivity contribution in [2.45, 2.75) is 0 Å². The van der Waals surface area contributed by atoms with Gasteiger partial charge in [-0.2, -0.15) is 10.1 Å². The highest BCUT2D eigenvalue weighted by atomic mass is 32.1. The predicted molar refractivity (Wildman–Crippen MR) is 129 cm³/mol. The zero-order chi connectivity index (χ0) is 21.2. The molecule has 0 aliphatic heterocycles. The topological polar surface area (TPSA) is 54.8 Å². The van der Waals surface area contributed by atoms with Crippen molar-refractivity contribution in [3.8, 4) is 5.75 Å². The van der Waals surface area contributed by atoms with Gasteiger partial charge >= 0.3 is 0 Å². The Morgan fingerprint density at radius 1 is 1.03 bits per heavy atom. The minimum atomic E-state index is -0.232. The molecule has 5 nitrogen and oxygen atoms in total. The summed E-state index contributed by atoms with van der Waals surface area (Å²) < 4.78 is 6.24. The second-order valence-corrected chi connectivity index (χ2v) is 8.76. The number of hydrogen-bond acceptors (Lipinski definition) is 6. The van der Waals surface area contributed by atoms with Crippen LogP contribution in [0.5, 0.6) is 5.75 Å². The van der Waals surface area contributed by atoms with Crippen molar-refractivity contribution >= 4 is 60.9 Å². The molecule has 0 saturated heterocycles. The Kier molecular flexibility index (Phi) is 5.19. The Balaban J connectivity index is 1.58. The highest BCUT2D eigenvalue weighted by molar-refractivity contribution is 7.22. The van der Waals surface area contributed by atoms with E-state index in [1.807, 2.05) is 78.2 Å². The molecule has 0 N–H and O–H groups in total. The monoisotopic (exact) mass is 443 g/mol. The molecule has 5 rings (SSSR count). The molecule has 31 heavy (non-hydrogen) atoms. The quantitative estimate of drug-likeness (QED) is 0.240. The number of carbonyl (C=O) groups is 1. The first-order chi connectivity index (χ1) is 15.2. The largest absolute Gasteiger partial charge is 0.497 e. The molecule has 0 aliphatic carbocycles. The van der Waals surface area contributed by atoms with Crippen LogP contribution in [-0.4, -0.2) is 24.2 Å². The van der Waals surface area contributed by atoms with Crippen LogP contribution in [0.1, 0.15) is 15.2 Å². The van der Waals surface area contributed by atoms with E-state index in [0.29, 0.717) is 10.7 Å². The molecule has 0 unspecified atom stereocenters. The van der Waals surface area contributed by atoms with Crippen LogP contribution in [-0.2, 0) is 0 Å². The number of thiazole rings is 1. The molecule has 3 aromatic carbocycles. The van der Waals surface area contributed by atoms with Crippen molar-refractivity contribution in [3.05, 3.63) is 88.6 Å². The summed E-state index contributed by atoms with van der Waals surface area (Å²) in [6, 6.07) is 23.2. The first-order valence-corrected chi connectivity index (χ1v) is 11.3. The van der Waals surface area contributed by atoms with Crippen LogP contribution in [0.15, 0.2) is 83.3 Å². The van der Waals surface area contributed by atoms with Crippen molar-refractivity contribution in [3.63, 3.8) is 0 Å².